The lowest BCUT2D eigenvalue weighted by Gasteiger charge is -2.33. The first-order valence-electron chi connectivity index (χ1n) is 11.0. The highest BCUT2D eigenvalue weighted by molar-refractivity contribution is 6.01. The van der Waals surface area contributed by atoms with Crippen molar-refractivity contribution in [2.45, 2.75) is 30.8 Å². The standard InChI is InChI=1S/C25H25N3O4/c1-31-15-9-10-18-16(13-15)20(21(26-18)23(30)32-2)25-11-12-28(22(29)14-7-8-14)24(25)27-19-6-4-3-5-17(19)25/h3-6,9-10,13-14,24,26-27H,7-8,11-12H2,1-2H3. The minimum absolute atomic E-state index is 0.124. The maximum absolute atomic E-state index is 13.2. The molecule has 0 spiro atoms. The van der Waals surface area contributed by atoms with E-state index in [1.807, 2.05) is 41.3 Å². The number of fused-ring (bicyclic) bond motifs is 4. The molecule has 164 valence electrons. The molecule has 32 heavy (non-hydrogen) atoms. The van der Waals surface area contributed by atoms with Gasteiger partial charge in [0, 0.05) is 34.6 Å². The second-order valence-corrected chi connectivity index (χ2v) is 8.90. The highest BCUT2D eigenvalue weighted by Crippen LogP contribution is 2.56. The van der Waals surface area contributed by atoms with Crippen molar-refractivity contribution in [1.82, 2.24) is 9.88 Å². The van der Waals surface area contributed by atoms with Gasteiger partial charge in [-0.3, -0.25) is 4.79 Å². The summed E-state index contributed by atoms with van der Waals surface area (Å²) in [6, 6.07) is 13.9. The Labute approximate surface area is 185 Å². The zero-order valence-electron chi connectivity index (χ0n) is 18.1. The molecule has 2 fully saturated rings. The monoisotopic (exact) mass is 431 g/mol. The van der Waals surface area contributed by atoms with E-state index in [2.05, 4.69) is 16.4 Å². The number of nitrogens with one attached hydrogen (secondary N) is 2. The van der Waals surface area contributed by atoms with Gasteiger partial charge in [0.05, 0.1) is 19.6 Å². The number of anilines is 1. The van der Waals surface area contributed by atoms with E-state index in [0.29, 0.717) is 24.4 Å². The Bertz CT molecular complexity index is 1260. The van der Waals surface area contributed by atoms with E-state index in [1.54, 1.807) is 7.11 Å². The van der Waals surface area contributed by atoms with E-state index in [-0.39, 0.29) is 18.0 Å². The van der Waals surface area contributed by atoms with Crippen LogP contribution in [0.3, 0.4) is 0 Å². The first-order chi connectivity index (χ1) is 15.6. The Morgan fingerprint density at radius 2 is 1.94 bits per heavy atom. The lowest BCUT2D eigenvalue weighted by Crippen LogP contribution is -2.47. The van der Waals surface area contributed by atoms with Gasteiger partial charge in [-0.15, -0.1) is 0 Å². The van der Waals surface area contributed by atoms with Crippen LogP contribution in [0.25, 0.3) is 10.9 Å². The molecule has 1 saturated carbocycles. The van der Waals surface area contributed by atoms with Crippen LogP contribution in [0.1, 0.15) is 40.9 Å². The molecule has 0 radical (unpaired) electrons. The molecule has 2 atom stereocenters. The summed E-state index contributed by atoms with van der Waals surface area (Å²) < 4.78 is 10.7. The zero-order chi connectivity index (χ0) is 22.0. The summed E-state index contributed by atoms with van der Waals surface area (Å²) in [5.41, 5.74) is 3.66. The van der Waals surface area contributed by atoms with Crippen LogP contribution in [0.2, 0.25) is 0 Å². The molecule has 1 amide bonds. The van der Waals surface area contributed by atoms with Crippen LogP contribution < -0.4 is 10.1 Å². The van der Waals surface area contributed by atoms with Gasteiger partial charge in [-0.05, 0) is 49.1 Å². The van der Waals surface area contributed by atoms with Crippen LogP contribution in [-0.4, -0.2) is 48.7 Å². The molecule has 7 heteroatoms. The number of carbonyl (C=O) groups is 2. The second-order valence-electron chi connectivity index (χ2n) is 8.90. The number of H-pyrrole nitrogens is 1. The summed E-state index contributed by atoms with van der Waals surface area (Å²) in [5, 5.41) is 4.54. The van der Waals surface area contributed by atoms with E-state index >= 15 is 0 Å². The van der Waals surface area contributed by atoms with Crippen molar-refractivity contribution in [3.05, 3.63) is 59.3 Å². The van der Waals surface area contributed by atoms with Gasteiger partial charge in [0.1, 0.15) is 17.6 Å². The summed E-state index contributed by atoms with van der Waals surface area (Å²) in [7, 11) is 3.03. The minimum atomic E-state index is -0.574. The van der Waals surface area contributed by atoms with Gasteiger partial charge in [-0.2, -0.15) is 0 Å². The number of nitrogens with zero attached hydrogens (tertiary/aromatic N) is 1. The molecule has 3 aliphatic rings. The number of carbonyl (C=O) groups excluding carboxylic acids is 2. The Morgan fingerprint density at radius 1 is 1.12 bits per heavy atom. The summed E-state index contributed by atoms with van der Waals surface area (Å²) in [6.45, 7) is 0.637. The van der Waals surface area contributed by atoms with Crippen molar-refractivity contribution in [2.24, 2.45) is 5.92 Å². The molecule has 2 aliphatic heterocycles. The van der Waals surface area contributed by atoms with Crippen molar-refractivity contribution in [3.63, 3.8) is 0 Å². The van der Waals surface area contributed by atoms with E-state index < -0.39 is 11.4 Å². The van der Waals surface area contributed by atoms with Crippen LogP contribution in [-0.2, 0) is 14.9 Å². The molecule has 3 heterocycles. The molecular weight excluding hydrogens is 406 g/mol. The quantitative estimate of drug-likeness (QED) is 0.616. The molecule has 2 unspecified atom stereocenters. The van der Waals surface area contributed by atoms with Gasteiger partial charge < -0.3 is 24.7 Å². The molecule has 1 aliphatic carbocycles. The molecule has 1 saturated heterocycles. The minimum Gasteiger partial charge on any atom is -0.497 e. The summed E-state index contributed by atoms with van der Waals surface area (Å²) in [5.74, 6) is 0.624. The predicted octanol–water partition coefficient (Wildman–Crippen LogP) is 3.64. The van der Waals surface area contributed by atoms with Crippen molar-refractivity contribution in [1.29, 1.82) is 0 Å². The Balaban J connectivity index is 1.64. The first kappa shape index (κ1) is 19.2. The normalized spacial score (nSPS) is 23.6. The largest absolute Gasteiger partial charge is 0.497 e. The van der Waals surface area contributed by atoms with Crippen molar-refractivity contribution < 1.29 is 19.1 Å². The van der Waals surface area contributed by atoms with Gasteiger partial charge in [0.25, 0.3) is 0 Å². The first-order valence-corrected chi connectivity index (χ1v) is 11.0. The number of aromatic nitrogens is 1. The molecule has 2 N–H and O–H groups in total. The lowest BCUT2D eigenvalue weighted by molar-refractivity contribution is -0.133. The number of para-hydroxylation sites is 1. The van der Waals surface area contributed by atoms with Crippen molar-refractivity contribution >= 4 is 28.5 Å². The van der Waals surface area contributed by atoms with Gasteiger partial charge in [-0.25, -0.2) is 4.79 Å². The molecule has 1 aromatic heterocycles. The number of hydrogen-bond donors (Lipinski definition) is 2. The summed E-state index contributed by atoms with van der Waals surface area (Å²) in [6.07, 6.45) is 2.37. The number of rotatable bonds is 4. The van der Waals surface area contributed by atoms with E-state index in [4.69, 9.17) is 9.47 Å². The summed E-state index contributed by atoms with van der Waals surface area (Å²) >= 11 is 0. The third kappa shape index (κ3) is 2.48. The van der Waals surface area contributed by atoms with Crippen LogP contribution in [0.5, 0.6) is 5.75 Å². The number of amides is 1. The zero-order valence-corrected chi connectivity index (χ0v) is 18.1. The van der Waals surface area contributed by atoms with Gasteiger partial charge in [0.15, 0.2) is 0 Å². The molecule has 7 nitrogen and oxygen atoms in total. The average Bonchev–Trinajstić information content (AvgIpc) is 3.40. The average molecular weight is 431 g/mol. The van der Waals surface area contributed by atoms with Crippen LogP contribution in [0.15, 0.2) is 42.5 Å². The third-order valence-electron chi connectivity index (χ3n) is 7.28. The number of methoxy groups -OCH3 is 2. The number of benzene rings is 2. The number of likely N-dealkylation sites (tertiary alicyclic amines) is 1. The van der Waals surface area contributed by atoms with Crippen LogP contribution >= 0.6 is 0 Å². The fourth-order valence-electron chi connectivity index (χ4n) is 5.67. The van der Waals surface area contributed by atoms with Gasteiger partial charge in [-0.1, -0.05) is 18.2 Å². The number of hydrogen-bond acceptors (Lipinski definition) is 5. The Kier molecular flexibility index (Phi) is 4.06. The highest BCUT2D eigenvalue weighted by Gasteiger charge is 2.59. The fourth-order valence-corrected chi connectivity index (χ4v) is 5.67. The van der Waals surface area contributed by atoms with E-state index in [0.717, 1.165) is 40.6 Å². The molecular formula is C25H25N3O4. The molecule has 0 bridgehead atoms. The SMILES string of the molecule is COC(=O)c1[nH]c2ccc(OC)cc2c1C12CCN(C(=O)C3CC3)C1Nc1ccccc12. The van der Waals surface area contributed by atoms with E-state index in [1.165, 1.54) is 7.11 Å². The number of aromatic amines is 1. The highest BCUT2D eigenvalue weighted by atomic mass is 16.5. The number of esters is 1. The molecule has 6 rings (SSSR count). The third-order valence-corrected chi connectivity index (χ3v) is 7.28. The predicted molar refractivity (Wildman–Crippen MR) is 120 cm³/mol. The van der Waals surface area contributed by atoms with Crippen molar-refractivity contribution in [3.8, 4) is 5.75 Å². The topological polar surface area (TPSA) is 83.7 Å². The smallest absolute Gasteiger partial charge is 0.354 e. The van der Waals surface area contributed by atoms with Crippen molar-refractivity contribution in [2.75, 3.05) is 26.1 Å². The van der Waals surface area contributed by atoms with E-state index in [9.17, 15) is 9.59 Å². The van der Waals surface area contributed by atoms with Gasteiger partial charge in [0.2, 0.25) is 5.91 Å². The Hall–Kier alpha value is -3.48. The second kappa shape index (κ2) is 6.76. The Morgan fingerprint density at radius 3 is 2.69 bits per heavy atom. The van der Waals surface area contributed by atoms with Crippen LogP contribution in [0.4, 0.5) is 5.69 Å². The lowest BCUT2D eigenvalue weighted by atomic mass is 9.72. The fraction of sp³-hybridized carbons (Fsp3) is 0.360. The maximum atomic E-state index is 13.2. The maximum Gasteiger partial charge on any atom is 0.354 e. The van der Waals surface area contributed by atoms with Crippen LogP contribution in [0, 0.1) is 5.92 Å². The molecule has 3 aromatic rings. The number of ether oxygens (including phenoxy) is 2. The van der Waals surface area contributed by atoms with Gasteiger partial charge >= 0.3 is 5.97 Å². The molecule has 2 aromatic carbocycles. The summed E-state index contributed by atoms with van der Waals surface area (Å²) in [4.78, 5) is 31.5.